The lowest BCUT2D eigenvalue weighted by atomic mass is 10.1. The Kier molecular flexibility index (Phi) is 3.47. The summed E-state index contributed by atoms with van der Waals surface area (Å²) >= 11 is 6.02. The van der Waals surface area contributed by atoms with E-state index in [0.29, 0.717) is 29.3 Å². The van der Waals surface area contributed by atoms with Crippen molar-refractivity contribution in [1.29, 1.82) is 0 Å². The number of fused-ring (bicyclic) bond motifs is 1. The van der Waals surface area contributed by atoms with Crippen LogP contribution in [0.25, 0.3) is 5.78 Å². The van der Waals surface area contributed by atoms with E-state index >= 15 is 0 Å². The molecule has 2 aromatic heterocycles. The molecule has 0 N–H and O–H groups in total. The molecule has 0 aliphatic rings. The van der Waals surface area contributed by atoms with E-state index in [4.69, 9.17) is 16.3 Å². The fourth-order valence-corrected chi connectivity index (χ4v) is 1.59. The zero-order valence-electron chi connectivity index (χ0n) is 10.1. The second-order valence-electron chi connectivity index (χ2n) is 4.34. The first-order valence-electron chi connectivity index (χ1n) is 5.58. The Labute approximate surface area is 105 Å². The topological polar surface area (TPSA) is 52.3 Å². The molecule has 92 valence electrons. The summed E-state index contributed by atoms with van der Waals surface area (Å²) in [4.78, 5) is 8.11. The molecule has 2 heterocycles. The Morgan fingerprint density at radius 2 is 2.24 bits per heavy atom. The van der Waals surface area contributed by atoms with Gasteiger partial charge in [0, 0.05) is 5.56 Å². The second kappa shape index (κ2) is 4.87. The summed E-state index contributed by atoms with van der Waals surface area (Å²) in [6.07, 6.45) is 2.42. The van der Waals surface area contributed by atoms with E-state index in [-0.39, 0.29) is 0 Å². The maximum absolute atomic E-state index is 6.02. The van der Waals surface area contributed by atoms with Crippen molar-refractivity contribution >= 4 is 17.4 Å². The predicted octanol–water partition coefficient (Wildman–Crippen LogP) is 2.51. The molecule has 0 spiro atoms. The SMILES string of the molecule is Cc1c(Cl)nc2ncnn2c1OCCC(C)C. The summed E-state index contributed by atoms with van der Waals surface area (Å²) in [5.74, 6) is 1.68. The molecule has 0 atom stereocenters. The van der Waals surface area contributed by atoms with Crippen LogP contribution in [0, 0.1) is 12.8 Å². The van der Waals surface area contributed by atoms with E-state index in [1.54, 1.807) is 4.52 Å². The molecule has 0 aliphatic carbocycles. The Balaban J connectivity index is 2.30. The fraction of sp³-hybridized carbons (Fsp3) is 0.545. The normalized spacial score (nSPS) is 11.4. The van der Waals surface area contributed by atoms with E-state index < -0.39 is 0 Å². The van der Waals surface area contributed by atoms with E-state index in [9.17, 15) is 0 Å². The summed E-state index contributed by atoms with van der Waals surface area (Å²) in [5.41, 5.74) is 0.786. The number of rotatable bonds is 4. The van der Waals surface area contributed by atoms with Crippen molar-refractivity contribution in [3.63, 3.8) is 0 Å². The molecule has 6 heteroatoms. The fourth-order valence-electron chi connectivity index (χ4n) is 1.43. The van der Waals surface area contributed by atoms with Gasteiger partial charge in [-0.25, -0.2) is 0 Å². The van der Waals surface area contributed by atoms with Crippen molar-refractivity contribution < 1.29 is 4.74 Å². The number of halogens is 1. The summed E-state index contributed by atoms with van der Waals surface area (Å²) in [6.45, 7) is 6.80. The monoisotopic (exact) mass is 254 g/mol. The third kappa shape index (κ3) is 2.49. The molecule has 0 amide bonds. The lowest BCUT2D eigenvalue weighted by molar-refractivity contribution is 0.270. The van der Waals surface area contributed by atoms with Gasteiger partial charge in [0.15, 0.2) is 0 Å². The van der Waals surface area contributed by atoms with E-state index in [0.717, 1.165) is 12.0 Å². The largest absolute Gasteiger partial charge is 0.477 e. The van der Waals surface area contributed by atoms with Gasteiger partial charge >= 0.3 is 0 Å². The Morgan fingerprint density at radius 3 is 2.94 bits per heavy atom. The molecule has 0 saturated heterocycles. The van der Waals surface area contributed by atoms with Gasteiger partial charge in [-0.1, -0.05) is 25.4 Å². The number of aromatic nitrogens is 4. The maximum atomic E-state index is 6.02. The van der Waals surface area contributed by atoms with Crippen LogP contribution in [-0.4, -0.2) is 26.2 Å². The second-order valence-corrected chi connectivity index (χ2v) is 4.69. The quantitative estimate of drug-likeness (QED) is 0.787. The highest BCUT2D eigenvalue weighted by Gasteiger charge is 2.13. The van der Waals surface area contributed by atoms with Crippen LogP contribution in [0.2, 0.25) is 5.15 Å². The molecule has 0 aromatic carbocycles. The molecule has 17 heavy (non-hydrogen) atoms. The predicted molar refractivity (Wildman–Crippen MR) is 65.5 cm³/mol. The summed E-state index contributed by atoms with van der Waals surface area (Å²) < 4.78 is 7.31. The molecule has 0 bridgehead atoms. The van der Waals surface area contributed by atoms with Crippen LogP contribution in [0.3, 0.4) is 0 Å². The van der Waals surface area contributed by atoms with Gasteiger partial charge in [0.1, 0.15) is 11.5 Å². The average molecular weight is 255 g/mol. The minimum Gasteiger partial charge on any atom is -0.477 e. The first-order valence-corrected chi connectivity index (χ1v) is 5.96. The number of hydrogen-bond donors (Lipinski definition) is 0. The van der Waals surface area contributed by atoms with Crippen molar-refractivity contribution in [3.05, 3.63) is 17.0 Å². The molecule has 0 radical (unpaired) electrons. The maximum Gasteiger partial charge on any atom is 0.256 e. The van der Waals surface area contributed by atoms with Crippen LogP contribution in [0.1, 0.15) is 25.8 Å². The Bertz CT molecular complexity index is 523. The van der Waals surface area contributed by atoms with Gasteiger partial charge in [0.25, 0.3) is 5.78 Å². The standard InChI is InChI=1S/C11H15ClN4O/c1-7(2)4-5-17-10-8(3)9(12)15-11-13-6-14-16(10)11/h6-7H,4-5H2,1-3H3. The smallest absolute Gasteiger partial charge is 0.256 e. The lowest BCUT2D eigenvalue weighted by Gasteiger charge is -2.11. The van der Waals surface area contributed by atoms with Gasteiger partial charge in [-0.15, -0.1) is 0 Å². The lowest BCUT2D eigenvalue weighted by Crippen LogP contribution is -2.08. The zero-order valence-corrected chi connectivity index (χ0v) is 10.9. The van der Waals surface area contributed by atoms with Crippen molar-refractivity contribution in [1.82, 2.24) is 19.6 Å². The Morgan fingerprint density at radius 1 is 1.47 bits per heavy atom. The molecule has 0 unspecified atom stereocenters. The van der Waals surface area contributed by atoms with Crippen molar-refractivity contribution in [2.75, 3.05) is 6.61 Å². The summed E-state index contributed by atoms with van der Waals surface area (Å²) in [7, 11) is 0. The van der Waals surface area contributed by atoms with Crippen LogP contribution in [0.5, 0.6) is 5.88 Å². The highest BCUT2D eigenvalue weighted by Crippen LogP contribution is 2.24. The van der Waals surface area contributed by atoms with Crippen molar-refractivity contribution in [2.24, 2.45) is 5.92 Å². The van der Waals surface area contributed by atoms with Crippen LogP contribution in [0.15, 0.2) is 6.33 Å². The van der Waals surface area contributed by atoms with Gasteiger partial charge < -0.3 is 4.74 Å². The molecule has 5 nitrogen and oxygen atoms in total. The summed E-state index contributed by atoms with van der Waals surface area (Å²) in [6, 6.07) is 0. The summed E-state index contributed by atoms with van der Waals surface area (Å²) in [5, 5.41) is 4.49. The third-order valence-electron chi connectivity index (χ3n) is 2.48. The minimum absolute atomic E-state index is 0.407. The highest BCUT2D eigenvalue weighted by molar-refractivity contribution is 6.30. The molecule has 0 aliphatic heterocycles. The van der Waals surface area contributed by atoms with E-state index in [1.165, 1.54) is 6.33 Å². The van der Waals surface area contributed by atoms with Crippen molar-refractivity contribution in [3.8, 4) is 5.88 Å². The van der Waals surface area contributed by atoms with Crippen LogP contribution in [0.4, 0.5) is 0 Å². The van der Waals surface area contributed by atoms with Crippen LogP contribution < -0.4 is 4.74 Å². The number of ether oxygens (including phenoxy) is 1. The van der Waals surface area contributed by atoms with Gasteiger partial charge in [0.05, 0.1) is 6.61 Å². The van der Waals surface area contributed by atoms with Gasteiger partial charge in [0.2, 0.25) is 5.88 Å². The minimum atomic E-state index is 0.407. The van der Waals surface area contributed by atoms with E-state index in [1.807, 2.05) is 6.92 Å². The third-order valence-corrected chi connectivity index (χ3v) is 2.85. The molecule has 0 saturated carbocycles. The molecule has 2 aromatic rings. The first-order chi connectivity index (χ1) is 8.09. The Hall–Kier alpha value is -1.36. The molecule has 0 fully saturated rings. The molecule has 2 rings (SSSR count). The average Bonchev–Trinajstić information content (AvgIpc) is 2.70. The van der Waals surface area contributed by atoms with Gasteiger partial charge in [-0.05, 0) is 19.3 Å². The van der Waals surface area contributed by atoms with Crippen LogP contribution >= 0.6 is 11.6 Å². The molecular formula is C11H15ClN4O. The number of hydrogen-bond acceptors (Lipinski definition) is 4. The highest BCUT2D eigenvalue weighted by atomic mass is 35.5. The molecular weight excluding hydrogens is 240 g/mol. The van der Waals surface area contributed by atoms with Gasteiger partial charge in [-0.3, -0.25) is 0 Å². The van der Waals surface area contributed by atoms with Gasteiger partial charge in [-0.2, -0.15) is 19.6 Å². The van der Waals surface area contributed by atoms with Crippen molar-refractivity contribution in [2.45, 2.75) is 27.2 Å². The first kappa shape index (κ1) is 12.1. The van der Waals surface area contributed by atoms with Crippen LogP contribution in [-0.2, 0) is 0 Å². The zero-order chi connectivity index (χ0) is 12.4. The van der Waals surface area contributed by atoms with E-state index in [2.05, 4.69) is 28.9 Å². The number of nitrogens with zero attached hydrogens (tertiary/aromatic N) is 4.